The zero-order valence-corrected chi connectivity index (χ0v) is 11.0. The molecule has 0 aliphatic heterocycles. The lowest BCUT2D eigenvalue weighted by Gasteiger charge is -2.07. The molecule has 0 fully saturated rings. The molecule has 2 nitrogen and oxygen atoms in total. The van der Waals surface area contributed by atoms with E-state index in [9.17, 15) is 0 Å². The van der Waals surface area contributed by atoms with Gasteiger partial charge in [0.15, 0.2) is 0 Å². The van der Waals surface area contributed by atoms with E-state index in [1.54, 1.807) is 6.08 Å². The molecule has 0 aromatic heterocycles. The van der Waals surface area contributed by atoms with Crippen molar-refractivity contribution in [2.75, 3.05) is 0 Å². The van der Waals surface area contributed by atoms with Crippen molar-refractivity contribution in [1.82, 2.24) is 0 Å². The third kappa shape index (κ3) is 3.87. The van der Waals surface area contributed by atoms with Gasteiger partial charge in [0.05, 0.1) is 6.07 Å². The van der Waals surface area contributed by atoms with E-state index in [0.29, 0.717) is 11.6 Å². The largest absolute Gasteiger partial charge is 0.489 e. The summed E-state index contributed by atoms with van der Waals surface area (Å²) in [6, 6.07) is 17.1. The minimum atomic E-state index is 0.438. The number of rotatable bonds is 4. The van der Waals surface area contributed by atoms with E-state index in [-0.39, 0.29) is 0 Å². The molecule has 2 aromatic carbocycles. The Morgan fingerprint density at radius 3 is 2.53 bits per heavy atom. The van der Waals surface area contributed by atoms with Gasteiger partial charge in [-0.15, -0.1) is 0 Å². The summed E-state index contributed by atoms with van der Waals surface area (Å²) >= 11 is 6.05. The Hall–Kier alpha value is -2.24. The van der Waals surface area contributed by atoms with Crippen LogP contribution in [-0.2, 0) is 6.61 Å². The summed E-state index contributed by atoms with van der Waals surface area (Å²) in [4.78, 5) is 0. The second-order valence-corrected chi connectivity index (χ2v) is 4.32. The molecule has 0 bridgehead atoms. The molecule has 0 aliphatic rings. The maximum absolute atomic E-state index is 8.44. The number of ether oxygens (including phenoxy) is 1. The topological polar surface area (TPSA) is 33.0 Å². The molecular formula is C16H12ClNO. The number of benzene rings is 2. The average molecular weight is 270 g/mol. The van der Waals surface area contributed by atoms with E-state index in [1.807, 2.05) is 54.6 Å². The lowest BCUT2D eigenvalue weighted by atomic mass is 10.2. The standard InChI is InChI=1S/C16H12ClNO/c17-16-6-2-1-5-14(16)12-19-15-9-7-13(8-10-15)4-3-11-18/h1-10H,12H2. The number of nitriles is 1. The maximum atomic E-state index is 8.44. The molecule has 0 aliphatic carbocycles. The molecule has 0 atom stereocenters. The monoisotopic (exact) mass is 269 g/mol. The van der Waals surface area contributed by atoms with Crippen LogP contribution in [0.25, 0.3) is 6.08 Å². The van der Waals surface area contributed by atoms with Gasteiger partial charge in [-0.3, -0.25) is 0 Å². The Labute approximate surface area is 117 Å². The molecule has 3 heteroatoms. The van der Waals surface area contributed by atoms with Crippen LogP contribution in [0.4, 0.5) is 0 Å². The maximum Gasteiger partial charge on any atom is 0.119 e. The lowest BCUT2D eigenvalue weighted by Crippen LogP contribution is -1.95. The molecule has 0 unspecified atom stereocenters. The van der Waals surface area contributed by atoms with Crippen molar-refractivity contribution in [3.63, 3.8) is 0 Å². The summed E-state index contributed by atoms with van der Waals surface area (Å²) in [6.45, 7) is 0.438. The molecule has 0 spiro atoms. The lowest BCUT2D eigenvalue weighted by molar-refractivity contribution is 0.306. The van der Waals surface area contributed by atoms with Crippen molar-refractivity contribution in [2.24, 2.45) is 0 Å². The Morgan fingerprint density at radius 1 is 1.11 bits per heavy atom. The molecule has 19 heavy (non-hydrogen) atoms. The van der Waals surface area contributed by atoms with E-state index in [4.69, 9.17) is 21.6 Å². The second-order valence-electron chi connectivity index (χ2n) is 3.91. The van der Waals surface area contributed by atoms with Crippen molar-refractivity contribution < 1.29 is 4.74 Å². The summed E-state index contributed by atoms with van der Waals surface area (Å²) in [5, 5.41) is 9.15. The first kappa shape index (κ1) is 13.2. The molecule has 0 saturated heterocycles. The van der Waals surface area contributed by atoms with Gasteiger partial charge < -0.3 is 4.74 Å². The van der Waals surface area contributed by atoms with Crippen LogP contribution in [0.2, 0.25) is 5.02 Å². The molecule has 2 aromatic rings. The van der Waals surface area contributed by atoms with Gasteiger partial charge >= 0.3 is 0 Å². The summed E-state index contributed by atoms with van der Waals surface area (Å²) < 4.78 is 5.66. The normalized spacial score (nSPS) is 10.3. The second kappa shape index (κ2) is 6.63. The molecule has 0 N–H and O–H groups in total. The predicted molar refractivity (Wildman–Crippen MR) is 76.9 cm³/mol. The molecule has 94 valence electrons. The van der Waals surface area contributed by atoms with Gasteiger partial charge in [-0.1, -0.05) is 41.9 Å². The predicted octanol–water partition coefficient (Wildman–Crippen LogP) is 4.46. The fourth-order valence-electron chi connectivity index (χ4n) is 1.59. The number of halogens is 1. The molecule has 0 saturated carbocycles. The fourth-order valence-corrected chi connectivity index (χ4v) is 1.78. The number of allylic oxidation sites excluding steroid dienone is 1. The van der Waals surface area contributed by atoms with Gasteiger partial charge in [-0.05, 0) is 29.8 Å². The zero-order chi connectivity index (χ0) is 13.5. The van der Waals surface area contributed by atoms with Gasteiger partial charge in [-0.2, -0.15) is 5.26 Å². The molecular weight excluding hydrogens is 258 g/mol. The first-order chi connectivity index (χ1) is 9.29. The smallest absolute Gasteiger partial charge is 0.119 e. The summed E-state index contributed by atoms with van der Waals surface area (Å²) in [5.74, 6) is 0.772. The minimum Gasteiger partial charge on any atom is -0.489 e. The minimum absolute atomic E-state index is 0.438. The van der Waals surface area contributed by atoms with Gasteiger partial charge in [0.2, 0.25) is 0 Å². The zero-order valence-electron chi connectivity index (χ0n) is 10.2. The molecule has 0 amide bonds. The van der Waals surface area contributed by atoms with Crippen LogP contribution in [0.3, 0.4) is 0 Å². The van der Waals surface area contributed by atoms with E-state index in [2.05, 4.69) is 0 Å². The highest BCUT2D eigenvalue weighted by atomic mass is 35.5. The average Bonchev–Trinajstić information content (AvgIpc) is 2.45. The summed E-state index contributed by atoms with van der Waals surface area (Å²) in [6.07, 6.45) is 3.19. The summed E-state index contributed by atoms with van der Waals surface area (Å²) in [5.41, 5.74) is 1.92. The number of hydrogen-bond acceptors (Lipinski definition) is 2. The summed E-state index contributed by atoms with van der Waals surface area (Å²) in [7, 11) is 0. The molecule has 2 rings (SSSR count). The Kier molecular flexibility index (Phi) is 4.60. The van der Waals surface area contributed by atoms with Crippen molar-refractivity contribution in [3.05, 3.63) is 70.8 Å². The van der Waals surface area contributed by atoms with Gasteiger partial charge in [-0.25, -0.2) is 0 Å². The van der Waals surface area contributed by atoms with E-state index < -0.39 is 0 Å². The van der Waals surface area contributed by atoms with Crippen molar-refractivity contribution in [2.45, 2.75) is 6.61 Å². The fraction of sp³-hybridized carbons (Fsp3) is 0.0625. The van der Waals surface area contributed by atoms with Crippen LogP contribution in [0.5, 0.6) is 5.75 Å². The Bertz CT molecular complexity index is 611. The van der Waals surface area contributed by atoms with Crippen LogP contribution < -0.4 is 4.74 Å². The van der Waals surface area contributed by atoms with Crippen LogP contribution in [0.1, 0.15) is 11.1 Å². The molecule has 0 radical (unpaired) electrons. The van der Waals surface area contributed by atoms with E-state index >= 15 is 0 Å². The van der Waals surface area contributed by atoms with Crippen LogP contribution >= 0.6 is 11.6 Å². The highest BCUT2D eigenvalue weighted by Gasteiger charge is 2.00. The van der Waals surface area contributed by atoms with Gasteiger partial charge in [0, 0.05) is 16.7 Å². The SMILES string of the molecule is N#CC=Cc1ccc(OCc2ccccc2Cl)cc1. The van der Waals surface area contributed by atoms with Crippen molar-refractivity contribution in [1.29, 1.82) is 5.26 Å². The quantitative estimate of drug-likeness (QED) is 0.768. The van der Waals surface area contributed by atoms with Crippen LogP contribution in [0, 0.1) is 11.3 Å². The highest BCUT2D eigenvalue weighted by Crippen LogP contribution is 2.19. The Morgan fingerprint density at radius 2 is 1.84 bits per heavy atom. The first-order valence-electron chi connectivity index (χ1n) is 5.82. The molecule has 0 heterocycles. The number of nitrogens with zero attached hydrogens (tertiary/aromatic N) is 1. The Balaban J connectivity index is 1.99. The van der Waals surface area contributed by atoms with Crippen molar-refractivity contribution in [3.8, 4) is 11.8 Å². The third-order valence-electron chi connectivity index (χ3n) is 2.58. The van der Waals surface area contributed by atoms with Gasteiger partial charge in [0.1, 0.15) is 12.4 Å². The van der Waals surface area contributed by atoms with Crippen LogP contribution in [-0.4, -0.2) is 0 Å². The van der Waals surface area contributed by atoms with Gasteiger partial charge in [0.25, 0.3) is 0 Å². The van der Waals surface area contributed by atoms with Crippen LogP contribution in [0.15, 0.2) is 54.6 Å². The van der Waals surface area contributed by atoms with E-state index in [0.717, 1.165) is 16.9 Å². The first-order valence-corrected chi connectivity index (χ1v) is 6.20. The van der Waals surface area contributed by atoms with E-state index in [1.165, 1.54) is 6.08 Å². The number of hydrogen-bond donors (Lipinski definition) is 0. The third-order valence-corrected chi connectivity index (χ3v) is 2.95. The highest BCUT2D eigenvalue weighted by molar-refractivity contribution is 6.31. The van der Waals surface area contributed by atoms with Crippen molar-refractivity contribution >= 4 is 17.7 Å².